The number of hydrogen-bond donors (Lipinski definition) is 1. The molecule has 4 rings (SSSR count). The Morgan fingerprint density at radius 3 is 3.21 bits per heavy atom. The van der Waals surface area contributed by atoms with Crippen LogP contribution in [-0.4, -0.2) is 43.8 Å². The third-order valence-corrected chi connectivity index (χ3v) is 4.63. The van der Waals surface area contributed by atoms with Crippen molar-refractivity contribution in [2.45, 2.75) is 25.2 Å². The van der Waals surface area contributed by atoms with E-state index in [4.69, 9.17) is 5.26 Å². The molecule has 0 radical (unpaired) electrons. The van der Waals surface area contributed by atoms with E-state index in [0.29, 0.717) is 6.54 Å². The summed E-state index contributed by atoms with van der Waals surface area (Å²) < 4.78 is 0. The summed E-state index contributed by atoms with van der Waals surface area (Å²) in [6, 6.07) is 3.96. The first-order chi connectivity index (χ1) is 11.8. The average molecular weight is 320 g/mol. The van der Waals surface area contributed by atoms with Gasteiger partial charge in [-0.1, -0.05) is 0 Å². The standard InChI is InChI=1S/C17H16N6O/c18-5-3-14(24)23-7-1-2-11(9-23)12-4-6-19-13-8-20-17-16(15(12)13)21-10-22-17/h4,6,8,10-11H,1-3,7,9H2,(H,20,21,22). The lowest BCUT2D eigenvalue weighted by atomic mass is 9.88. The molecule has 1 saturated heterocycles. The lowest BCUT2D eigenvalue weighted by Crippen LogP contribution is -2.38. The number of aromatic amines is 1. The molecule has 0 spiro atoms. The molecule has 1 unspecified atom stereocenters. The summed E-state index contributed by atoms with van der Waals surface area (Å²) in [6.07, 6.45) is 7.05. The van der Waals surface area contributed by atoms with Crippen molar-refractivity contribution in [3.8, 4) is 6.07 Å². The fourth-order valence-electron chi connectivity index (χ4n) is 3.52. The molecule has 1 atom stereocenters. The number of piperidine rings is 1. The number of fused-ring (bicyclic) bond motifs is 3. The van der Waals surface area contributed by atoms with Crippen molar-refractivity contribution < 1.29 is 4.79 Å². The van der Waals surface area contributed by atoms with E-state index in [2.05, 4.69) is 19.9 Å². The van der Waals surface area contributed by atoms with E-state index >= 15 is 0 Å². The number of carbonyl (C=O) groups is 1. The number of aromatic nitrogens is 4. The third kappa shape index (κ3) is 2.36. The molecule has 7 heteroatoms. The average Bonchev–Trinajstić information content (AvgIpc) is 3.10. The second-order valence-electron chi connectivity index (χ2n) is 6.03. The number of nitrogens with one attached hydrogen (secondary N) is 1. The van der Waals surface area contributed by atoms with Crippen molar-refractivity contribution in [3.05, 3.63) is 30.4 Å². The van der Waals surface area contributed by atoms with Crippen LogP contribution in [0.25, 0.3) is 22.1 Å². The van der Waals surface area contributed by atoms with Crippen LogP contribution in [0.5, 0.6) is 0 Å². The smallest absolute Gasteiger partial charge is 0.236 e. The van der Waals surface area contributed by atoms with Crippen molar-refractivity contribution in [2.24, 2.45) is 0 Å². The second-order valence-corrected chi connectivity index (χ2v) is 6.03. The maximum Gasteiger partial charge on any atom is 0.236 e. The van der Waals surface area contributed by atoms with Gasteiger partial charge in [0.1, 0.15) is 11.9 Å². The molecular weight excluding hydrogens is 304 g/mol. The molecule has 1 fully saturated rings. The topological polar surface area (TPSA) is 98.6 Å². The lowest BCUT2D eigenvalue weighted by Gasteiger charge is -2.33. The van der Waals surface area contributed by atoms with Crippen LogP contribution in [0, 0.1) is 11.3 Å². The van der Waals surface area contributed by atoms with Gasteiger partial charge in [0.2, 0.25) is 5.91 Å². The predicted molar refractivity (Wildman–Crippen MR) is 88.0 cm³/mol. The number of nitriles is 1. The minimum absolute atomic E-state index is 0.0582. The Morgan fingerprint density at radius 2 is 2.33 bits per heavy atom. The van der Waals surface area contributed by atoms with Gasteiger partial charge in [-0.05, 0) is 24.5 Å². The van der Waals surface area contributed by atoms with Gasteiger partial charge in [0, 0.05) is 30.6 Å². The first kappa shape index (κ1) is 14.6. The highest BCUT2D eigenvalue weighted by molar-refractivity contribution is 6.02. The highest BCUT2D eigenvalue weighted by atomic mass is 16.2. The zero-order valence-corrected chi connectivity index (χ0v) is 13.1. The quantitative estimate of drug-likeness (QED) is 0.780. The molecule has 4 heterocycles. The molecule has 0 saturated carbocycles. The van der Waals surface area contributed by atoms with Crippen LogP contribution in [0.3, 0.4) is 0 Å². The number of carbonyl (C=O) groups excluding carboxylic acids is 1. The first-order valence-electron chi connectivity index (χ1n) is 7.99. The summed E-state index contributed by atoms with van der Waals surface area (Å²) in [6.45, 7) is 1.35. The van der Waals surface area contributed by atoms with Crippen molar-refractivity contribution in [1.82, 2.24) is 24.8 Å². The zero-order chi connectivity index (χ0) is 16.5. The second kappa shape index (κ2) is 5.89. The zero-order valence-electron chi connectivity index (χ0n) is 13.1. The van der Waals surface area contributed by atoms with E-state index in [1.165, 1.54) is 0 Å². The molecule has 1 amide bonds. The summed E-state index contributed by atoms with van der Waals surface area (Å²) in [5, 5.41) is 9.76. The summed E-state index contributed by atoms with van der Waals surface area (Å²) in [7, 11) is 0. The normalized spacial score (nSPS) is 18.0. The van der Waals surface area contributed by atoms with E-state index in [-0.39, 0.29) is 18.2 Å². The van der Waals surface area contributed by atoms with Gasteiger partial charge >= 0.3 is 0 Å². The molecule has 0 aromatic carbocycles. The Hall–Kier alpha value is -3.01. The van der Waals surface area contributed by atoms with Crippen molar-refractivity contribution in [1.29, 1.82) is 5.26 Å². The number of likely N-dealkylation sites (tertiary alicyclic amines) is 1. The van der Waals surface area contributed by atoms with Crippen LogP contribution in [-0.2, 0) is 4.79 Å². The number of hydrogen-bond acceptors (Lipinski definition) is 5. The number of pyridine rings is 2. The van der Waals surface area contributed by atoms with Gasteiger partial charge in [0.15, 0.2) is 5.65 Å². The van der Waals surface area contributed by atoms with Gasteiger partial charge in [0.25, 0.3) is 0 Å². The number of rotatable bonds is 2. The number of amides is 1. The van der Waals surface area contributed by atoms with Crippen molar-refractivity contribution in [2.75, 3.05) is 13.1 Å². The van der Waals surface area contributed by atoms with Gasteiger partial charge in [-0.15, -0.1) is 0 Å². The third-order valence-electron chi connectivity index (χ3n) is 4.63. The van der Waals surface area contributed by atoms with E-state index in [9.17, 15) is 4.79 Å². The van der Waals surface area contributed by atoms with Crippen LogP contribution in [0.1, 0.15) is 30.7 Å². The minimum Gasteiger partial charge on any atom is -0.341 e. The van der Waals surface area contributed by atoms with Crippen molar-refractivity contribution in [3.63, 3.8) is 0 Å². The number of H-pyrrole nitrogens is 1. The summed E-state index contributed by atoms with van der Waals surface area (Å²) in [5.74, 6) is 0.126. The van der Waals surface area contributed by atoms with Gasteiger partial charge in [-0.25, -0.2) is 9.97 Å². The molecule has 1 aliphatic rings. The molecule has 120 valence electrons. The summed E-state index contributed by atoms with van der Waals surface area (Å²) in [5.41, 5.74) is 3.52. The minimum atomic E-state index is -0.0906. The van der Waals surface area contributed by atoms with Crippen LogP contribution in [0.4, 0.5) is 0 Å². The molecule has 24 heavy (non-hydrogen) atoms. The van der Waals surface area contributed by atoms with E-state index in [0.717, 1.165) is 47.0 Å². The van der Waals surface area contributed by atoms with E-state index in [1.54, 1.807) is 23.6 Å². The summed E-state index contributed by atoms with van der Waals surface area (Å²) >= 11 is 0. The first-order valence-corrected chi connectivity index (χ1v) is 7.99. The molecule has 7 nitrogen and oxygen atoms in total. The number of nitrogens with zero attached hydrogens (tertiary/aromatic N) is 5. The van der Waals surface area contributed by atoms with E-state index in [1.807, 2.05) is 12.1 Å². The Balaban J connectivity index is 1.77. The summed E-state index contributed by atoms with van der Waals surface area (Å²) in [4.78, 5) is 30.1. The van der Waals surface area contributed by atoms with Gasteiger partial charge in [-0.3, -0.25) is 9.78 Å². The molecular formula is C17H16N6O. The largest absolute Gasteiger partial charge is 0.341 e. The van der Waals surface area contributed by atoms with Gasteiger partial charge < -0.3 is 9.88 Å². The van der Waals surface area contributed by atoms with Gasteiger partial charge in [0.05, 0.1) is 24.1 Å². The maximum atomic E-state index is 12.1. The fraction of sp³-hybridized carbons (Fsp3) is 0.353. The monoisotopic (exact) mass is 320 g/mol. The maximum absolute atomic E-state index is 12.1. The predicted octanol–water partition coefficient (Wildman–Crippen LogP) is 2.13. The van der Waals surface area contributed by atoms with Gasteiger partial charge in [-0.2, -0.15) is 5.26 Å². The Kier molecular flexibility index (Phi) is 3.58. The highest BCUT2D eigenvalue weighted by Crippen LogP contribution is 2.33. The van der Waals surface area contributed by atoms with Crippen LogP contribution < -0.4 is 0 Å². The Labute approximate surface area is 138 Å². The highest BCUT2D eigenvalue weighted by Gasteiger charge is 2.26. The fourth-order valence-corrected chi connectivity index (χ4v) is 3.52. The molecule has 0 bridgehead atoms. The molecule has 1 N–H and O–H groups in total. The van der Waals surface area contributed by atoms with E-state index < -0.39 is 0 Å². The Bertz CT molecular complexity index is 957. The molecule has 1 aliphatic heterocycles. The van der Waals surface area contributed by atoms with Crippen molar-refractivity contribution >= 4 is 28.0 Å². The number of imidazole rings is 1. The van der Waals surface area contributed by atoms with Crippen LogP contribution in [0.2, 0.25) is 0 Å². The lowest BCUT2D eigenvalue weighted by molar-refractivity contribution is -0.131. The van der Waals surface area contributed by atoms with Crippen LogP contribution in [0.15, 0.2) is 24.8 Å². The molecule has 0 aliphatic carbocycles. The Morgan fingerprint density at radius 1 is 1.42 bits per heavy atom. The molecule has 3 aromatic heterocycles. The van der Waals surface area contributed by atoms with Crippen LogP contribution >= 0.6 is 0 Å². The SMILES string of the molecule is N#CCC(=O)N1CCCC(c2ccnc3cnc4[nH]cnc4c23)C1. The molecule has 3 aromatic rings.